The van der Waals surface area contributed by atoms with Crippen molar-refractivity contribution in [2.24, 2.45) is 0 Å². The van der Waals surface area contributed by atoms with Crippen LogP contribution in [0.15, 0.2) is 23.1 Å². The average Bonchev–Trinajstić information content (AvgIpc) is 2.34. The lowest BCUT2D eigenvalue weighted by Gasteiger charge is -2.26. The van der Waals surface area contributed by atoms with Gasteiger partial charge >= 0.3 is 0 Å². The quantitative estimate of drug-likeness (QED) is 0.867. The van der Waals surface area contributed by atoms with Crippen molar-refractivity contribution in [3.8, 4) is 5.75 Å². The lowest BCUT2D eigenvalue weighted by molar-refractivity contribution is -0.123. The maximum absolute atomic E-state index is 11.8. The fourth-order valence-corrected chi connectivity index (χ4v) is 2.64. The third-order valence-electron chi connectivity index (χ3n) is 2.87. The molecule has 5 nitrogen and oxygen atoms in total. The second kappa shape index (κ2) is 5.38. The second-order valence-electron chi connectivity index (χ2n) is 4.33. The number of hydrogen-bond acceptors (Lipinski definition) is 4. The SMILES string of the molecule is CCCC[C@H]1Oc2ccc(S(=O)(=O)Cl)cc2NC1=O. The third kappa shape index (κ3) is 3.19. The number of unbranched alkanes of at least 4 members (excludes halogenated alkanes) is 1. The van der Waals surface area contributed by atoms with Gasteiger partial charge in [-0.05, 0) is 31.0 Å². The highest BCUT2D eigenvalue weighted by Crippen LogP contribution is 2.33. The van der Waals surface area contributed by atoms with Crippen LogP contribution in [0.3, 0.4) is 0 Å². The molecule has 1 heterocycles. The molecule has 7 heteroatoms. The number of halogens is 1. The van der Waals surface area contributed by atoms with E-state index >= 15 is 0 Å². The summed E-state index contributed by atoms with van der Waals surface area (Å²) in [5.74, 6) is 0.204. The van der Waals surface area contributed by atoms with Gasteiger partial charge in [0.15, 0.2) is 6.10 Å². The molecule has 0 aliphatic carbocycles. The standard InChI is InChI=1S/C12H14ClNO4S/c1-2-3-4-11-12(15)14-9-7-8(19(13,16)17)5-6-10(9)18-11/h5-7,11H,2-4H2,1H3,(H,14,15)/t11-/m1/s1. The molecule has 2 rings (SSSR count). The molecule has 0 aromatic heterocycles. The Morgan fingerprint density at radius 2 is 2.16 bits per heavy atom. The highest BCUT2D eigenvalue weighted by Gasteiger charge is 2.28. The van der Waals surface area contributed by atoms with E-state index in [1.165, 1.54) is 18.2 Å². The fourth-order valence-electron chi connectivity index (χ4n) is 1.86. The van der Waals surface area contributed by atoms with E-state index in [-0.39, 0.29) is 10.8 Å². The Morgan fingerprint density at radius 1 is 1.42 bits per heavy atom. The predicted octanol–water partition coefficient (Wildman–Crippen LogP) is 2.50. The van der Waals surface area contributed by atoms with Gasteiger partial charge in [-0.25, -0.2) is 8.42 Å². The van der Waals surface area contributed by atoms with Crippen LogP contribution in [-0.4, -0.2) is 20.4 Å². The molecular formula is C12H14ClNO4S. The van der Waals surface area contributed by atoms with Crippen LogP contribution in [0, 0.1) is 0 Å². The van der Waals surface area contributed by atoms with Gasteiger partial charge in [0, 0.05) is 10.7 Å². The highest BCUT2D eigenvalue weighted by atomic mass is 35.7. The summed E-state index contributed by atoms with van der Waals surface area (Å²) in [5.41, 5.74) is 0.333. The average molecular weight is 304 g/mol. The van der Waals surface area contributed by atoms with Crippen molar-refractivity contribution in [1.82, 2.24) is 0 Å². The molecule has 1 atom stereocenters. The molecule has 1 N–H and O–H groups in total. The molecule has 1 aromatic rings. The summed E-state index contributed by atoms with van der Waals surface area (Å²) in [4.78, 5) is 11.7. The van der Waals surface area contributed by atoms with E-state index in [0.717, 1.165) is 12.8 Å². The second-order valence-corrected chi connectivity index (χ2v) is 6.90. The maximum atomic E-state index is 11.8. The Labute approximate surface area is 116 Å². The van der Waals surface area contributed by atoms with E-state index < -0.39 is 15.2 Å². The van der Waals surface area contributed by atoms with E-state index in [2.05, 4.69) is 5.32 Å². The lowest BCUT2D eigenvalue weighted by atomic mass is 10.1. The van der Waals surface area contributed by atoms with Crippen molar-refractivity contribution >= 4 is 31.3 Å². The van der Waals surface area contributed by atoms with Crippen LogP contribution in [0.25, 0.3) is 0 Å². The molecule has 19 heavy (non-hydrogen) atoms. The molecule has 0 saturated carbocycles. The number of rotatable bonds is 4. The first-order chi connectivity index (χ1) is 8.91. The van der Waals surface area contributed by atoms with Crippen LogP contribution >= 0.6 is 10.7 Å². The maximum Gasteiger partial charge on any atom is 0.265 e. The van der Waals surface area contributed by atoms with E-state index in [4.69, 9.17) is 15.4 Å². The number of hydrogen-bond donors (Lipinski definition) is 1. The van der Waals surface area contributed by atoms with Crippen LogP contribution < -0.4 is 10.1 Å². The molecule has 0 spiro atoms. The molecule has 1 aromatic carbocycles. The first kappa shape index (κ1) is 14.1. The minimum absolute atomic E-state index is 0.0659. The number of carbonyl (C=O) groups is 1. The molecule has 1 aliphatic rings. The summed E-state index contributed by atoms with van der Waals surface area (Å²) in [7, 11) is 1.44. The van der Waals surface area contributed by atoms with Gasteiger partial charge in [-0.3, -0.25) is 4.79 Å². The van der Waals surface area contributed by atoms with E-state index in [0.29, 0.717) is 17.9 Å². The Morgan fingerprint density at radius 3 is 2.79 bits per heavy atom. The molecule has 104 valence electrons. The van der Waals surface area contributed by atoms with Crippen molar-refractivity contribution < 1.29 is 17.9 Å². The smallest absolute Gasteiger partial charge is 0.265 e. The number of anilines is 1. The fraction of sp³-hybridized carbons (Fsp3) is 0.417. The van der Waals surface area contributed by atoms with Crippen molar-refractivity contribution in [3.63, 3.8) is 0 Å². The van der Waals surface area contributed by atoms with Crippen LogP contribution in [0.2, 0.25) is 0 Å². The van der Waals surface area contributed by atoms with Crippen LogP contribution in [0.1, 0.15) is 26.2 Å². The minimum atomic E-state index is -3.82. The van der Waals surface area contributed by atoms with Gasteiger partial charge in [0.2, 0.25) is 0 Å². The molecular weight excluding hydrogens is 290 g/mol. The van der Waals surface area contributed by atoms with Gasteiger partial charge in [0.1, 0.15) is 5.75 Å². The summed E-state index contributed by atoms with van der Waals surface area (Å²) >= 11 is 0. The third-order valence-corrected chi connectivity index (χ3v) is 4.22. The molecule has 1 amide bonds. The Kier molecular flexibility index (Phi) is 4.01. The summed E-state index contributed by atoms with van der Waals surface area (Å²) in [6.45, 7) is 2.03. The topological polar surface area (TPSA) is 72.5 Å². The molecule has 0 fully saturated rings. The summed E-state index contributed by atoms with van der Waals surface area (Å²) < 4.78 is 28.0. The number of amides is 1. The number of fused-ring (bicyclic) bond motifs is 1. The zero-order chi connectivity index (χ0) is 14.0. The molecule has 0 saturated heterocycles. The number of ether oxygens (including phenoxy) is 1. The van der Waals surface area contributed by atoms with Crippen molar-refractivity contribution in [2.75, 3.05) is 5.32 Å². The molecule has 0 radical (unpaired) electrons. The van der Waals surface area contributed by atoms with Gasteiger partial charge in [0.05, 0.1) is 10.6 Å². The van der Waals surface area contributed by atoms with Crippen molar-refractivity contribution in [1.29, 1.82) is 0 Å². The summed E-state index contributed by atoms with van der Waals surface area (Å²) in [6.07, 6.45) is 1.98. The van der Waals surface area contributed by atoms with E-state index in [9.17, 15) is 13.2 Å². The minimum Gasteiger partial charge on any atom is -0.478 e. The van der Waals surface area contributed by atoms with E-state index in [1.54, 1.807) is 0 Å². The van der Waals surface area contributed by atoms with Gasteiger partial charge < -0.3 is 10.1 Å². The highest BCUT2D eigenvalue weighted by molar-refractivity contribution is 8.13. The van der Waals surface area contributed by atoms with Crippen LogP contribution in [0.4, 0.5) is 5.69 Å². The first-order valence-corrected chi connectivity index (χ1v) is 8.29. The van der Waals surface area contributed by atoms with Crippen LogP contribution in [0.5, 0.6) is 5.75 Å². The molecule has 0 bridgehead atoms. The zero-order valence-electron chi connectivity index (χ0n) is 10.3. The monoisotopic (exact) mass is 303 g/mol. The lowest BCUT2D eigenvalue weighted by Crippen LogP contribution is -2.36. The number of benzene rings is 1. The molecule has 0 unspecified atom stereocenters. The van der Waals surface area contributed by atoms with Gasteiger partial charge in [0.25, 0.3) is 15.0 Å². The first-order valence-electron chi connectivity index (χ1n) is 5.98. The summed E-state index contributed by atoms with van der Waals surface area (Å²) in [5, 5.41) is 2.64. The zero-order valence-corrected chi connectivity index (χ0v) is 11.9. The van der Waals surface area contributed by atoms with Crippen molar-refractivity contribution in [3.05, 3.63) is 18.2 Å². The van der Waals surface area contributed by atoms with Gasteiger partial charge in [-0.15, -0.1) is 0 Å². The van der Waals surface area contributed by atoms with Crippen molar-refractivity contribution in [2.45, 2.75) is 37.2 Å². The largest absolute Gasteiger partial charge is 0.478 e. The Balaban J connectivity index is 2.26. The molecule has 1 aliphatic heterocycles. The number of nitrogens with one attached hydrogen (secondary N) is 1. The summed E-state index contributed by atoms with van der Waals surface area (Å²) in [6, 6.07) is 4.16. The normalized spacial score (nSPS) is 18.4. The van der Waals surface area contributed by atoms with Gasteiger partial charge in [-0.2, -0.15) is 0 Å². The predicted molar refractivity (Wildman–Crippen MR) is 72.1 cm³/mol. The Hall–Kier alpha value is -1.27. The van der Waals surface area contributed by atoms with Crippen LogP contribution in [-0.2, 0) is 13.8 Å². The van der Waals surface area contributed by atoms with E-state index in [1.807, 2.05) is 6.92 Å². The number of carbonyl (C=O) groups excluding carboxylic acids is 1. The van der Waals surface area contributed by atoms with Gasteiger partial charge in [-0.1, -0.05) is 13.3 Å². The Bertz CT molecular complexity index is 600.